The Labute approximate surface area is 120 Å². The van der Waals surface area contributed by atoms with E-state index in [0.717, 1.165) is 4.57 Å². The van der Waals surface area contributed by atoms with Crippen LogP contribution in [0.4, 0.5) is 0 Å². The summed E-state index contributed by atoms with van der Waals surface area (Å²) < 4.78 is 12.2. The van der Waals surface area contributed by atoms with Crippen molar-refractivity contribution in [1.29, 1.82) is 0 Å². The van der Waals surface area contributed by atoms with Gasteiger partial charge in [-0.3, -0.25) is 14.3 Å². The number of aliphatic hydroxyl groups is 2. The number of methoxy groups -OCH3 is 1. The van der Waals surface area contributed by atoms with Gasteiger partial charge in [0.15, 0.2) is 6.23 Å². The molecule has 0 spiro atoms. The van der Waals surface area contributed by atoms with Gasteiger partial charge in [-0.1, -0.05) is 13.8 Å². The normalized spacial score (nSPS) is 32.8. The van der Waals surface area contributed by atoms with Crippen LogP contribution in [0, 0.1) is 5.92 Å². The van der Waals surface area contributed by atoms with E-state index >= 15 is 0 Å². The number of rotatable bonds is 4. The Morgan fingerprint density at radius 2 is 2.19 bits per heavy atom. The van der Waals surface area contributed by atoms with Crippen molar-refractivity contribution < 1.29 is 19.7 Å². The van der Waals surface area contributed by atoms with Crippen LogP contribution in [-0.2, 0) is 9.47 Å². The largest absolute Gasteiger partial charge is 0.393 e. The summed E-state index contributed by atoms with van der Waals surface area (Å²) in [7, 11) is 1.38. The Morgan fingerprint density at radius 1 is 1.52 bits per heavy atom. The second-order valence-electron chi connectivity index (χ2n) is 5.44. The van der Waals surface area contributed by atoms with Gasteiger partial charge in [-0.15, -0.1) is 0 Å². The summed E-state index contributed by atoms with van der Waals surface area (Å²) in [4.78, 5) is 25.1. The van der Waals surface area contributed by atoms with Crippen molar-refractivity contribution in [2.75, 3.05) is 13.7 Å². The molecule has 0 saturated carbocycles. The van der Waals surface area contributed by atoms with E-state index < -0.39 is 41.9 Å². The Kier molecular flexibility index (Phi) is 4.33. The van der Waals surface area contributed by atoms with E-state index in [9.17, 15) is 19.8 Å². The van der Waals surface area contributed by atoms with Gasteiger partial charge < -0.3 is 19.7 Å². The Balaban J connectivity index is 2.49. The fourth-order valence-electron chi connectivity index (χ4n) is 2.67. The number of aromatic nitrogens is 2. The first-order valence-electron chi connectivity index (χ1n) is 6.68. The molecule has 0 aromatic carbocycles. The molecule has 3 N–H and O–H groups in total. The van der Waals surface area contributed by atoms with Crippen LogP contribution >= 0.6 is 0 Å². The summed E-state index contributed by atoms with van der Waals surface area (Å²) in [6, 6.07) is 1.18. The molecule has 1 aromatic heterocycles. The average Bonchev–Trinajstić information content (AvgIpc) is 2.72. The molecule has 8 heteroatoms. The molecule has 0 bridgehead atoms. The molecule has 0 aliphatic carbocycles. The molecule has 2 heterocycles. The van der Waals surface area contributed by atoms with Crippen molar-refractivity contribution in [1.82, 2.24) is 9.55 Å². The molecule has 0 amide bonds. The van der Waals surface area contributed by atoms with Gasteiger partial charge in [0, 0.05) is 19.4 Å². The molecular weight excluding hydrogens is 280 g/mol. The third-order valence-electron chi connectivity index (χ3n) is 4.05. The van der Waals surface area contributed by atoms with Gasteiger partial charge in [0.2, 0.25) is 0 Å². The Bertz CT molecular complexity index is 609. The van der Waals surface area contributed by atoms with Crippen LogP contribution < -0.4 is 11.2 Å². The summed E-state index contributed by atoms with van der Waals surface area (Å²) in [5.41, 5.74) is -2.43. The van der Waals surface area contributed by atoms with E-state index in [0.29, 0.717) is 0 Å². The number of hydrogen-bond acceptors (Lipinski definition) is 6. The molecule has 1 aliphatic heterocycles. The highest BCUT2D eigenvalue weighted by Gasteiger charge is 2.57. The Hall–Kier alpha value is -1.48. The first-order valence-corrected chi connectivity index (χ1v) is 6.68. The SMILES string of the molecule is CO[C@H]1C(n2ccc(=O)[nH]c2=O)O[C@@](CO)(C(C)C)[C@H]1O. The van der Waals surface area contributed by atoms with Gasteiger partial charge >= 0.3 is 5.69 Å². The first-order chi connectivity index (χ1) is 9.87. The molecule has 118 valence electrons. The Morgan fingerprint density at radius 3 is 2.67 bits per heavy atom. The minimum absolute atomic E-state index is 0.210. The van der Waals surface area contributed by atoms with Crippen molar-refractivity contribution in [3.05, 3.63) is 33.1 Å². The van der Waals surface area contributed by atoms with E-state index in [2.05, 4.69) is 4.98 Å². The van der Waals surface area contributed by atoms with Gasteiger partial charge in [0.1, 0.15) is 17.8 Å². The third kappa shape index (κ3) is 2.44. The van der Waals surface area contributed by atoms with E-state index in [1.165, 1.54) is 19.4 Å². The van der Waals surface area contributed by atoms with Crippen LogP contribution in [0.25, 0.3) is 0 Å². The molecule has 1 fully saturated rings. The van der Waals surface area contributed by atoms with Crippen molar-refractivity contribution in [3.63, 3.8) is 0 Å². The van der Waals surface area contributed by atoms with Crippen LogP contribution in [0.15, 0.2) is 21.9 Å². The van der Waals surface area contributed by atoms with Gasteiger partial charge in [0.05, 0.1) is 6.61 Å². The molecule has 0 radical (unpaired) electrons. The van der Waals surface area contributed by atoms with Gasteiger partial charge in [-0.05, 0) is 5.92 Å². The van der Waals surface area contributed by atoms with Crippen LogP contribution in [-0.4, -0.2) is 51.3 Å². The lowest BCUT2D eigenvalue weighted by atomic mass is 9.85. The zero-order valence-electron chi connectivity index (χ0n) is 12.1. The fraction of sp³-hybridized carbons (Fsp3) is 0.692. The van der Waals surface area contributed by atoms with Gasteiger partial charge in [0.25, 0.3) is 5.56 Å². The topological polar surface area (TPSA) is 114 Å². The second kappa shape index (κ2) is 5.72. The summed E-state index contributed by atoms with van der Waals surface area (Å²) >= 11 is 0. The lowest BCUT2D eigenvalue weighted by Gasteiger charge is -2.34. The van der Waals surface area contributed by atoms with Crippen LogP contribution in [0.2, 0.25) is 0 Å². The van der Waals surface area contributed by atoms with E-state index in [-0.39, 0.29) is 5.92 Å². The summed E-state index contributed by atoms with van der Waals surface area (Å²) in [5, 5.41) is 20.1. The molecule has 2 rings (SSSR count). The summed E-state index contributed by atoms with van der Waals surface area (Å²) in [5.74, 6) is -0.210. The highest BCUT2D eigenvalue weighted by atomic mass is 16.6. The molecule has 4 atom stereocenters. The van der Waals surface area contributed by atoms with Crippen molar-refractivity contribution in [2.45, 2.75) is 37.9 Å². The monoisotopic (exact) mass is 300 g/mol. The molecule has 21 heavy (non-hydrogen) atoms. The standard InChI is InChI=1S/C13H20N2O6/c1-7(2)13(6-16)10(18)9(20-3)11(21-13)15-5-4-8(17)14-12(15)19/h4-5,7,9-11,16,18H,6H2,1-3H3,(H,14,17,19)/t9-,10+,11?,13+/m1/s1. The molecule has 1 unspecified atom stereocenters. The van der Waals surface area contributed by atoms with Crippen molar-refractivity contribution >= 4 is 0 Å². The van der Waals surface area contributed by atoms with E-state index in [1.807, 2.05) is 0 Å². The van der Waals surface area contributed by atoms with Gasteiger partial charge in [-0.2, -0.15) is 0 Å². The fourth-order valence-corrected chi connectivity index (χ4v) is 2.67. The zero-order chi connectivity index (χ0) is 15.8. The smallest absolute Gasteiger partial charge is 0.330 e. The summed E-state index contributed by atoms with van der Waals surface area (Å²) in [6.45, 7) is 3.18. The number of ether oxygens (including phenoxy) is 2. The number of nitrogens with zero attached hydrogens (tertiary/aromatic N) is 1. The zero-order valence-corrected chi connectivity index (χ0v) is 12.1. The third-order valence-corrected chi connectivity index (χ3v) is 4.05. The van der Waals surface area contributed by atoms with E-state index in [1.54, 1.807) is 13.8 Å². The highest BCUT2D eigenvalue weighted by molar-refractivity contribution is 5.04. The maximum atomic E-state index is 11.9. The number of aliphatic hydroxyl groups excluding tert-OH is 2. The number of H-pyrrole nitrogens is 1. The van der Waals surface area contributed by atoms with Gasteiger partial charge in [-0.25, -0.2) is 4.79 Å². The predicted octanol–water partition coefficient (Wildman–Crippen LogP) is -1.17. The lowest BCUT2D eigenvalue weighted by Crippen LogP contribution is -2.50. The maximum absolute atomic E-state index is 11.9. The number of nitrogens with one attached hydrogen (secondary N) is 1. The molecule has 1 aliphatic rings. The minimum Gasteiger partial charge on any atom is -0.393 e. The van der Waals surface area contributed by atoms with Crippen molar-refractivity contribution in [2.24, 2.45) is 5.92 Å². The first kappa shape index (κ1) is 15.9. The van der Waals surface area contributed by atoms with Crippen molar-refractivity contribution in [3.8, 4) is 0 Å². The van der Waals surface area contributed by atoms with Crippen LogP contribution in [0.1, 0.15) is 20.1 Å². The number of hydrogen-bond donors (Lipinski definition) is 3. The molecule has 1 saturated heterocycles. The average molecular weight is 300 g/mol. The maximum Gasteiger partial charge on any atom is 0.330 e. The lowest BCUT2D eigenvalue weighted by molar-refractivity contribution is -0.153. The van der Waals surface area contributed by atoms with E-state index in [4.69, 9.17) is 9.47 Å². The molecule has 1 aromatic rings. The predicted molar refractivity (Wildman–Crippen MR) is 72.9 cm³/mol. The second-order valence-corrected chi connectivity index (χ2v) is 5.44. The van der Waals surface area contributed by atoms with Crippen LogP contribution in [0.5, 0.6) is 0 Å². The number of aromatic amines is 1. The van der Waals surface area contributed by atoms with Crippen LogP contribution in [0.3, 0.4) is 0 Å². The molecular formula is C13H20N2O6. The highest BCUT2D eigenvalue weighted by Crippen LogP contribution is 2.42. The summed E-state index contributed by atoms with van der Waals surface area (Å²) in [6.07, 6.45) is -1.62. The minimum atomic E-state index is -1.24. The molecule has 8 nitrogen and oxygen atoms in total. The quantitative estimate of drug-likeness (QED) is 0.645.